The molecule has 4 fully saturated rings. The summed E-state index contributed by atoms with van der Waals surface area (Å²) < 4.78 is 0. The van der Waals surface area contributed by atoms with Gasteiger partial charge in [0.1, 0.15) is 0 Å². The average molecular weight is 414 g/mol. The van der Waals surface area contributed by atoms with Gasteiger partial charge in [-0.05, 0) is 11.6 Å². The number of hydrogen-bond acceptors (Lipinski definition) is 5. The van der Waals surface area contributed by atoms with Gasteiger partial charge in [0.05, 0.1) is 47.4 Å². The first-order valence-electron chi connectivity index (χ1n) is 9.41. The summed E-state index contributed by atoms with van der Waals surface area (Å²) in [6.07, 6.45) is 1.69. The van der Waals surface area contributed by atoms with Gasteiger partial charge in [-0.25, -0.2) is 0 Å². The van der Waals surface area contributed by atoms with Crippen LogP contribution in [0.25, 0.3) is 0 Å². The standard InChI is InChI=1S/C21H21Cl2N5/c22-18-8-4-7-17(19(18)23)9-24-25-20(16-5-2-1-3-6-16)21-10-26-13-27(11-21)15-28(12-21)14-26/h1-9H,10-15H2/b24-9-,25-20?. The molecule has 0 aliphatic carbocycles. The SMILES string of the molecule is Clc1cccc(/C=N\N=C(c2ccccc2)C23CN4CN(CN(C4)C2)C3)c1Cl. The maximum absolute atomic E-state index is 6.29. The van der Waals surface area contributed by atoms with Gasteiger partial charge in [0.2, 0.25) is 0 Å². The minimum atomic E-state index is -0.0361. The highest BCUT2D eigenvalue weighted by Gasteiger charge is 2.51. The molecular weight excluding hydrogens is 393 g/mol. The van der Waals surface area contributed by atoms with Gasteiger partial charge < -0.3 is 0 Å². The molecule has 0 atom stereocenters. The van der Waals surface area contributed by atoms with Crippen molar-refractivity contribution in [1.29, 1.82) is 0 Å². The Labute approximate surface area is 174 Å². The molecule has 0 unspecified atom stereocenters. The first kappa shape index (κ1) is 18.3. The summed E-state index contributed by atoms with van der Waals surface area (Å²) in [4.78, 5) is 7.48. The quantitative estimate of drug-likeness (QED) is 0.566. The van der Waals surface area contributed by atoms with E-state index in [0.717, 1.165) is 56.5 Å². The van der Waals surface area contributed by atoms with Crippen LogP contribution in [-0.2, 0) is 0 Å². The van der Waals surface area contributed by atoms with E-state index in [1.54, 1.807) is 12.3 Å². The third-order valence-corrected chi connectivity index (χ3v) is 6.50. The summed E-state index contributed by atoms with van der Waals surface area (Å²) >= 11 is 12.4. The lowest BCUT2D eigenvalue weighted by molar-refractivity contribution is -0.149. The fourth-order valence-corrected chi connectivity index (χ4v) is 5.13. The molecule has 0 spiro atoms. The molecule has 4 heterocycles. The molecule has 0 aromatic heterocycles. The summed E-state index contributed by atoms with van der Waals surface area (Å²) in [6.45, 7) is 6.18. The van der Waals surface area contributed by atoms with Crippen LogP contribution < -0.4 is 0 Å². The first-order chi connectivity index (χ1) is 13.6. The van der Waals surface area contributed by atoms with Crippen molar-refractivity contribution in [2.24, 2.45) is 15.6 Å². The molecule has 0 N–H and O–H groups in total. The summed E-state index contributed by atoms with van der Waals surface area (Å²) in [5, 5.41) is 10.2. The van der Waals surface area contributed by atoms with E-state index in [1.807, 2.05) is 18.2 Å². The van der Waals surface area contributed by atoms with E-state index in [-0.39, 0.29) is 5.41 Å². The van der Waals surface area contributed by atoms with Crippen LogP contribution in [0.1, 0.15) is 11.1 Å². The van der Waals surface area contributed by atoms with Crippen molar-refractivity contribution in [2.45, 2.75) is 0 Å². The van der Waals surface area contributed by atoms with Crippen LogP contribution in [0.4, 0.5) is 0 Å². The van der Waals surface area contributed by atoms with E-state index in [4.69, 9.17) is 28.3 Å². The molecule has 144 valence electrons. The zero-order valence-electron chi connectivity index (χ0n) is 15.4. The van der Waals surface area contributed by atoms with Crippen LogP contribution in [0.5, 0.6) is 0 Å². The van der Waals surface area contributed by atoms with Gasteiger partial charge in [0.25, 0.3) is 0 Å². The average Bonchev–Trinajstić information content (AvgIpc) is 2.68. The molecule has 0 amide bonds. The molecule has 4 saturated heterocycles. The molecule has 4 aliphatic heterocycles. The van der Waals surface area contributed by atoms with E-state index in [2.05, 4.69) is 44.1 Å². The fourth-order valence-electron chi connectivity index (χ4n) is 4.78. The van der Waals surface area contributed by atoms with Gasteiger partial charge in [-0.3, -0.25) is 14.7 Å². The Morgan fingerprint density at radius 3 is 2.14 bits per heavy atom. The van der Waals surface area contributed by atoms with Crippen LogP contribution in [0, 0.1) is 5.41 Å². The van der Waals surface area contributed by atoms with E-state index in [1.165, 1.54) is 0 Å². The van der Waals surface area contributed by atoms with Crippen LogP contribution in [0.2, 0.25) is 10.0 Å². The Balaban J connectivity index is 1.53. The third kappa shape index (κ3) is 3.27. The Morgan fingerprint density at radius 1 is 0.857 bits per heavy atom. The van der Waals surface area contributed by atoms with E-state index in [9.17, 15) is 0 Å². The first-order valence-corrected chi connectivity index (χ1v) is 10.2. The van der Waals surface area contributed by atoms with Crippen molar-refractivity contribution in [3.63, 3.8) is 0 Å². The van der Waals surface area contributed by atoms with Gasteiger partial charge in [-0.15, -0.1) is 0 Å². The van der Waals surface area contributed by atoms with Crippen LogP contribution >= 0.6 is 23.2 Å². The number of rotatable bonds is 4. The van der Waals surface area contributed by atoms with Gasteiger partial charge >= 0.3 is 0 Å². The van der Waals surface area contributed by atoms with Crippen molar-refractivity contribution in [3.8, 4) is 0 Å². The van der Waals surface area contributed by atoms with Gasteiger partial charge in [0.15, 0.2) is 0 Å². The highest BCUT2D eigenvalue weighted by Crippen LogP contribution is 2.38. The molecule has 28 heavy (non-hydrogen) atoms. The molecule has 4 bridgehead atoms. The second kappa shape index (κ2) is 7.25. The Morgan fingerprint density at radius 2 is 1.50 bits per heavy atom. The minimum absolute atomic E-state index is 0.0361. The van der Waals surface area contributed by atoms with Crippen LogP contribution in [0.3, 0.4) is 0 Å². The van der Waals surface area contributed by atoms with E-state index in [0.29, 0.717) is 10.0 Å². The number of hydrogen-bond donors (Lipinski definition) is 0. The molecule has 7 heteroatoms. The molecule has 0 saturated carbocycles. The summed E-state index contributed by atoms with van der Waals surface area (Å²) in [5.41, 5.74) is 2.90. The highest BCUT2D eigenvalue weighted by molar-refractivity contribution is 6.43. The largest absolute Gasteiger partial charge is 0.276 e. The smallest absolute Gasteiger partial charge is 0.0802 e. The maximum atomic E-state index is 6.29. The predicted molar refractivity (Wildman–Crippen MR) is 114 cm³/mol. The highest BCUT2D eigenvalue weighted by atomic mass is 35.5. The van der Waals surface area contributed by atoms with Crippen molar-refractivity contribution >= 4 is 35.1 Å². The molecule has 2 aromatic rings. The maximum Gasteiger partial charge on any atom is 0.0802 e. The van der Waals surface area contributed by atoms with Crippen molar-refractivity contribution in [1.82, 2.24) is 14.7 Å². The second-order valence-corrected chi connectivity index (χ2v) is 8.68. The van der Waals surface area contributed by atoms with Crippen molar-refractivity contribution < 1.29 is 0 Å². The molecular formula is C21H21Cl2N5. The second-order valence-electron chi connectivity index (χ2n) is 7.89. The van der Waals surface area contributed by atoms with Gasteiger partial charge in [0, 0.05) is 25.2 Å². The van der Waals surface area contributed by atoms with E-state index >= 15 is 0 Å². The summed E-state index contributed by atoms with van der Waals surface area (Å²) in [7, 11) is 0. The Kier molecular flexibility index (Phi) is 4.73. The third-order valence-electron chi connectivity index (χ3n) is 5.66. The van der Waals surface area contributed by atoms with E-state index < -0.39 is 0 Å². The van der Waals surface area contributed by atoms with Crippen LogP contribution in [0.15, 0.2) is 58.7 Å². The Hall–Kier alpha value is -1.76. The molecule has 0 radical (unpaired) electrons. The lowest BCUT2D eigenvalue weighted by Crippen LogP contribution is -2.74. The number of halogens is 2. The lowest BCUT2D eigenvalue weighted by atomic mass is 9.74. The number of benzene rings is 2. The Bertz CT molecular complexity index is 906. The van der Waals surface area contributed by atoms with Crippen molar-refractivity contribution in [2.75, 3.05) is 39.6 Å². The van der Waals surface area contributed by atoms with Gasteiger partial charge in [-0.1, -0.05) is 65.7 Å². The molecule has 4 aliphatic rings. The zero-order chi connectivity index (χ0) is 19.1. The zero-order valence-corrected chi connectivity index (χ0v) is 16.9. The van der Waals surface area contributed by atoms with Crippen molar-refractivity contribution in [3.05, 3.63) is 69.7 Å². The molecule has 2 aromatic carbocycles. The fraction of sp³-hybridized carbons (Fsp3) is 0.333. The molecule has 6 rings (SSSR count). The predicted octanol–water partition coefficient (Wildman–Crippen LogP) is 3.62. The number of nitrogens with zero attached hydrogens (tertiary/aromatic N) is 5. The van der Waals surface area contributed by atoms with Crippen LogP contribution in [-0.4, -0.2) is 66.3 Å². The minimum Gasteiger partial charge on any atom is -0.276 e. The van der Waals surface area contributed by atoms with Gasteiger partial charge in [-0.2, -0.15) is 10.2 Å². The summed E-state index contributed by atoms with van der Waals surface area (Å²) in [6, 6.07) is 15.9. The monoisotopic (exact) mass is 413 g/mol. The summed E-state index contributed by atoms with van der Waals surface area (Å²) in [5.74, 6) is 0. The normalized spacial score (nSPS) is 31.6. The topological polar surface area (TPSA) is 34.4 Å². The lowest BCUT2D eigenvalue weighted by Gasteiger charge is -2.60. The molecule has 5 nitrogen and oxygen atoms in total.